The molecule has 0 atom stereocenters. The van der Waals surface area contributed by atoms with Gasteiger partial charge in [-0.15, -0.1) is 0 Å². The lowest BCUT2D eigenvalue weighted by molar-refractivity contribution is 0.0588. The topological polar surface area (TPSA) is 143 Å². The van der Waals surface area contributed by atoms with Crippen LogP contribution in [0.2, 0.25) is 0 Å². The van der Waals surface area contributed by atoms with Crippen LogP contribution in [0, 0.1) is 0 Å². The third-order valence-electron chi connectivity index (χ3n) is 4.13. The predicted molar refractivity (Wildman–Crippen MR) is 102 cm³/mol. The number of carbonyl (C=O) groups excluding carboxylic acids is 2. The van der Waals surface area contributed by atoms with E-state index in [1.807, 2.05) is 0 Å². The third kappa shape index (κ3) is 3.79. The first-order valence-corrected chi connectivity index (χ1v) is 8.08. The number of benzene rings is 2. The number of ether oxygens (including phenoxy) is 4. The fraction of sp³-hybridized carbons (Fsp3) is 0.263. The molecule has 0 radical (unpaired) electrons. The summed E-state index contributed by atoms with van der Waals surface area (Å²) in [6, 6.07) is 5.69. The average Bonchev–Trinajstić information content (AvgIpc) is 2.70. The zero-order chi connectivity index (χ0) is 21.0. The number of esters is 2. The fourth-order valence-corrected chi connectivity index (χ4v) is 2.84. The monoisotopic (exact) mass is 390 g/mol. The summed E-state index contributed by atoms with van der Waals surface area (Å²) in [4.78, 5) is 24.1. The Kier molecular flexibility index (Phi) is 6.32. The molecule has 0 amide bonds. The highest BCUT2D eigenvalue weighted by Crippen LogP contribution is 2.36. The van der Waals surface area contributed by atoms with Crippen LogP contribution >= 0.6 is 0 Å². The molecule has 0 aliphatic carbocycles. The molecule has 28 heavy (non-hydrogen) atoms. The first-order valence-electron chi connectivity index (χ1n) is 8.08. The summed E-state index contributed by atoms with van der Waals surface area (Å²) >= 11 is 0. The lowest BCUT2D eigenvalue weighted by Crippen LogP contribution is -2.11. The van der Waals surface area contributed by atoms with Crippen LogP contribution in [0.4, 0.5) is 11.4 Å². The van der Waals surface area contributed by atoms with Crippen molar-refractivity contribution in [3.63, 3.8) is 0 Å². The second kappa shape index (κ2) is 8.49. The highest BCUT2D eigenvalue weighted by molar-refractivity contribution is 5.96. The van der Waals surface area contributed by atoms with Crippen molar-refractivity contribution in [3.05, 3.63) is 46.5 Å². The number of hydrogen-bond donors (Lipinski definition) is 3. The van der Waals surface area contributed by atoms with Gasteiger partial charge in [0.25, 0.3) is 0 Å². The number of aliphatic hydroxyl groups excluding tert-OH is 1. The molecule has 0 aliphatic rings. The Morgan fingerprint density at radius 2 is 1.14 bits per heavy atom. The van der Waals surface area contributed by atoms with Crippen LogP contribution in [0.5, 0.6) is 11.5 Å². The van der Waals surface area contributed by atoms with Gasteiger partial charge >= 0.3 is 11.9 Å². The summed E-state index contributed by atoms with van der Waals surface area (Å²) in [5.41, 5.74) is 12.8. The Balaban J connectivity index is 2.62. The number of methoxy groups -OCH3 is 4. The molecule has 0 heterocycles. The van der Waals surface area contributed by atoms with E-state index in [0.717, 1.165) is 0 Å². The molecule has 5 N–H and O–H groups in total. The molecule has 2 aromatic rings. The fourth-order valence-electron chi connectivity index (χ4n) is 2.84. The van der Waals surface area contributed by atoms with Crippen molar-refractivity contribution in [2.24, 2.45) is 0 Å². The van der Waals surface area contributed by atoms with Crippen LogP contribution < -0.4 is 20.9 Å². The minimum absolute atomic E-state index is 0.0497. The number of aliphatic hydroxyl groups is 1. The summed E-state index contributed by atoms with van der Waals surface area (Å²) in [6.07, 6.45) is -1.26. The Bertz CT molecular complexity index is 838. The molecule has 2 aromatic carbocycles. The highest BCUT2D eigenvalue weighted by atomic mass is 16.5. The molecule has 0 aliphatic heterocycles. The normalized spacial score (nSPS) is 10.5. The van der Waals surface area contributed by atoms with Crippen LogP contribution in [0.3, 0.4) is 0 Å². The SMILES string of the molecule is COC(=O)c1cc(C(O)c2cc(N)c(OC)c(C(=O)OC)c2)cc(N)c1OC. The molecule has 9 nitrogen and oxygen atoms in total. The number of hydrogen-bond acceptors (Lipinski definition) is 9. The van der Waals surface area contributed by atoms with Gasteiger partial charge in [0.2, 0.25) is 0 Å². The standard InChI is InChI=1S/C19H22N2O7/c1-25-16-11(18(23)27-3)5-9(7-13(16)20)15(22)10-6-12(19(24)28-4)17(26-2)14(21)8-10/h5-8,15,22H,20-21H2,1-4H3. The van der Waals surface area contributed by atoms with Crippen molar-refractivity contribution >= 4 is 23.3 Å². The van der Waals surface area contributed by atoms with Gasteiger partial charge in [-0.05, 0) is 35.4 Å². The number of nitrogen functional groups attached to an aromatic ring is 2. The first kappa shape index (κ1) is 20.8. The van der Waals surface area contributed by atoms with E-state index in [4.69, 9.17) is 30.4 Å². The minimum Gasteiger partial charge on any atom is -0.494 e. The van der Waals surface area contributed by atoms with Gasteiger partial charge in [0, 0.05) is 0 Å². The van der Waals surface area contributed by atoms with Crippen molar-refractivity contribution < 1.29 is 33.6 Å². The number of carbonyl (C=O) groups is 2. The Hall–Kier alpha value is -3.46. The summed E-state index contributed by atoms with van der Waals surface area (Å²) < 4.78 is 19.8. The molecule has 0 unspecified atom stereocenters. The Morgan fingerprint density at radius 1 is 0.786 bits per heavy atom. The summed E-state index contributed by atoms with van der Waals surface area (Å²) in [6.45, 7) is 0. The molecule has 0 bridgehead atoms. The van der Waals surface area contributed by atoms with Crippen molar-refractivity contribution in [2.75, 3.05) is 39.9 Å². The van der Waals surface area contributed by atoms with Crippen molar-refractivity contribution in [1.29, 1.82) is 0 Å². The molecule has 150 valence electrons. The van der Waals surface area contributed by atoms with E-state index in [0.29, 0.717) is 0 Å². The van der Waals surface area contributed by atoms with E-state index in [1.54, 1.807) is 0 Å². The van der Waals surface area contributed by atoms with Crippen LogP contribution in [0.15, 0.2) is 24.3 Å². The van der Waals surface area contributed by atoms with E-state index in [1.165, 1.54) is 52.7 Å². The smallest absolute Gasteiger partial charge is 0.341 e. The highest BCUT2D eigenvalue weighted by Gasteiger charge is 2.24. The summed E-state index contributed by atoms with van der Waals surface area (Å²) in [7, 11) is 5.16. The van der Waals surface area contributed by atoms with Crippen LogP contribution in [0.1, 0.15) is 37.9 Å². The van der Waals surface area contributed by atoms with Gasteiger partial charge < -0.3 is 35.5 Å². The molecular formula is C19H22N2O7. The maximum absolute atomic E-state index is 12.0. The van der Waals surface area contributed by atoms with E-state index in [9.17, 15) is 14.7 Å². The van der Waals surface area contributed by atoms with Gasteiger partial charge in [0.15, 0.2) is 11.5 Å². The summed E-state index contributed by atoms with van der Waals surface area (Å²) in [5, 5.41) is 10.8. The van der Waals surface area contributed by atoms with Gasteiger partial charge in [-0.1, -0.05) is 0 Å². The number of rotatable bonds is 6. The molecule has 0 spiro atoms. The van der Waals surface area contributed by atoms with E-state index in [2.05, 4.69) is 0 Å². The molecule has 0 saturated carbocycles. The van der Waals surface area contributed by atoms with Crippen LogP contribution in [0.25, 0.3) is 0 Å². The Morgan fingerprint density at radius 3 is 1.43 bits per heavy atom. The molecule has 0 fully saturated rings. The van der Waals surface area contributed by atoms with E-state index >= 15 is 0 Å². The third-order valence-corrected chi connectivity index (χ3v) is 4.13. The van der Waals surface area contributed by atoms with Gasteiger partial charge in [-0.25, -0.2) is 9.59 Å². The molecule has 2 rings (SSSR count). The van der Waals surface area contributed by atoms with Crippen LogP contribution in [-0.2, 0) is 9.47 Å². The molecule has 9 heteroatoms. The maximum atomic E-state index is 12.0. The first-order chi connectivity index (χ1) is 13.3. The maximum Gasteiger partial charge on any atom is 0.341 e. The second-order valence-corrected chi connectivity index (χ2v) is 5.77. The number of nitrogens with two attached hydrogens (primary N) is 2. The average molecular weight is 390 g/mol. The lowest BCUT2D eigenvalue weighted by atomic mass is 9.96. The number of anilines is 2. The summed E-state index contributed by atoms with van der Waals surface area (Å²) in [5.74, 6) is -1.09. The van der Waals surface area contributed by atoms with Gasteiger partial charge in [0.1, 0.15) is 17.2 Å². The van der Waals surface area contributed by atoms with E-state index in [-0.39, 0.29) is 45.1 Å². The van der Waals surface area contributed by atoms with Crippen molar-refractivity contribution in [3.8, 4) is 11.5 Å². The quantitative estimate of drug-likeness (QED) is 0.494. The van der Waals surface area contributed by atoms with Crippen LogP contribution in [-0.4, -0.2) is 45.5 Å². The minimum atomic E-state index is -1.26. The zero-order valence-corrected chi connectivity index (χ0v) is 15.9. The molecule has 0 saturated heterocycles. The second-order valence-electron chi connectivity index (χ2n) is 5.77. The van der Waals surface area contributed by atoms with Crippen molar-refractivity contribution in [2.45, 2.75) is 6.10 Å². The lowest BCUT2D eigenvalue weighted by Gasteiger charge is -2.18. The van der Waals surface area contributed by atoms with Gasteiger partial charge in [0.05, 0.1) is 39.8 Å². The van der Waals surface area contributed by atoms with Crippen molar-refractivity contribution in [1.82, 2.24) is 0 Å². The molecular weight excluding hydrogens is 368 g/mol. The Labute approximate surface area is 161 Å². The van der Waals surface area contributed by atoms with E-state index < -0.39 is 18.0 Å². The van der Waals surface area contributed by atoms with Gasteiger partial charge in [-0.2, -0.15) is 0 Å². The zero-order valence-electron chi connectivity index (χ0n) is 15.9. The predicted octanol–water partition coefficient (Wildman–Crippen LogP) is 1.52. The van der Waals surface area contributed by atoms with Gasteiger partial charge in [-0.3, -0.25) is 0 Å². The molecule has 0 aromatic heterocycles. The largest absolute Gasteiger partial charge is 0.494 e.